The van der Waals surface area contributed by atoms with Gasteiger partial charge in [-0.15, -0.1) is 11.8 Å². The molecule has 1 atom stereocenters. The van der Waals surface area contributed by atoms with Crippen LogP contribution < -0.4 is 10.6 Å². The van der Waals surface area contributed by atoms with E-state index in [1.165, 1.54) is 0 Å². The zero-order chi connectivity index (χ0) is 13.7. The molecular formula is C14H21N3OS. The summed E-state index contributed by atoms with van der Waals surface area (Å²) in [6, 6.07) is 7.83. The highest BCUT2D eigenvalue weighted by Gasteiger charge is 2.22. The van der Waals surface area contributed by atoms with Crippen LogP contribution in [0.2, 0.25) is 0 Å². The molecule has 1 aliphatic heterocycles. The van der Waals surface area contributed by atoms with Crippen molar-refractivity contribution >= 4 is 23.4 Å². The van der Waals surface area contributed by atoms with Crippen molar-refractivity contribution in [1.82, 2.24) is 10.2 Å². The molecule has 19 heavy (non-hydrogen) atoms. The molecule has 104 valence electrons. The van der Waals surface area contributed by atoms with Gasteiger partial charge in [0.2, 0.25) is 5.91 Å². The maximum Gasteiger partial charge on any atom is 0.241 e. The van der Waals surface area contributed by atoms with Gasteiger partial charge in [0.1, 0.15) is 0 Å². The van der Waals surface area contributed by atoms with E-state index >= 15 is 0 Å². The van der Waals surface area contributed by atoms with Gasteiger partial charge < -0.3 is 10.6 Å². The molecule has 1 fully saturated rings. The molecule has 4 nitrogen and oxygen atoms in total. The number of nitrogens with one attached hydrogen (secondary N) is 2. The first-order valence-corrected chi connectivity index (χ1v) is 7.83. The van der Waals surface area contributed by atoms with Crippen LogP contribution in [0.1, 0.15) is 6.92 Å². The minimum absolute atomic E-state index is 0.0726. The molecule has 0 aromatic heterocycles. The molecule has 0 aliphatic carbocycles. The van der Waals surface area contributed by atoms with Crippen molar-refractivity contribution in [3.63, 3.8) is 0 Å². The summed E-state index contributed by atoms with van der Waals surface area (Å²) in [6.07, 6.45) is 2.02. The second kappa shape index (κ2) is 6.93. The topological polar surface area (TPSA) is 44.4 Å². The third-order valence-corrected chi connectivity index (χ3v) is 4.24. The number of rotatable bonds is 4. The van der Waals surface area contributed by atoms with Crippen molar-refractivity contribution in [2.75, 3.05) is 37.8 Å². The van der Waals surface area contributed by atoms with Crippen LogP contribution in [0.15, 0.2) is 29.2 Å². The van der Waals surface area contributed by atoms with E-state index < -0.39 is 0 Å². The Morgan fingerprint density at radius 1 is 1.37 bits per heavy atom. The second-order valence-corrected chi connectivity index (χ2v) is 5.50. The molecule has 0 spiro atoms. The Morgan fingerprint density at radius 3 is 2.74 bits per heavy atom. The maximum atomic E-state index is 12.3. The predicted molar refractivity (Wildman–Crippen MR) is 80.8 cm³/mol. The van der Waals surface area contributed by atoms with Crippen molar-refractivity contribution in [2.24, 2.45) is 0 Å². The number of piperazine rings is 1. The fraction of sp³-hybridized carbons (Fsp3) is 0.500. The largest absolute Gasteiger partial charge is 0.324 e. The van der Waals surface area contributed by atoms with Crippen molar-refractivity contribution < 1.29 is 4.79 Å². The highest BCUT2D eigenvalue weighted by molar-refractivity contribution is 7.98. The molecule has 0 radical (unpaired) electrons. The van der Waals surface area contributed by atoms with Gasteiger partial charge in [0.25, 0.3) is 0 Å². The van der Waals surface area contributed by atoms with Gasteiger partial charge in [0.15, 0.2) is 0 Å². The van der Waals surface area contributed by atoms with Gasteiger partial charge in [-0.1, -0.05) is 12.1 Å². The Labute approximate surface area is 118 Å². The lowest BCUT2D eigenvalue weighted by Crippen LogP contribution is -2.51. The minimum Gasteiger partial charge on any atom is -0.324 e. The van der Waals surface area contributed by atoms with Gasteiger partial charge in [0.05, 0.1) is 11.7 Å². The summed E-state index contributed by atoms with van der Waals surface area (Å²) in [5, 5.41) is 6.34. The smallest absolute Gasteiger partial charge is 0.241 e. The van der Waals surface area contributed by atoms with Gasteiger partial charge in [0, 0.05) is 31.1 Å². The molecule has 0 saturated carbocycles. The molecule has 1 saturated heterocycles. The number of carbonyl (C=O) groups excluding carboxylic acids is 1. The van der Waals surface area contributed by atoms with E-state index in [1.807, 2.05) is 37.4 Å². The molecule has 1 unspecified atom stereocenters. The van der Waals surface area contributed by atoms with Crippen LogP contribution >= 0.6 is 11.8 Å². The lowest BCUT2D eigenvalue weighted by Gasteiger charge is -2.31. The minimum atomic E-state index is -0.0861. The Morgan fingerprint density at radius 2 is 2.05 bits per heavy atom. The summed E-state index contributed by atoms with van der Waals surface area (Å²) in [7, 11) is 0. The van der Waals surface area contributed by atoms with E-state index in [4.69, 9.17) is 0 Å². The van der Waals surface area contributed by atoms with Crippen LogP contribution in [0.5, 0.6) is 0 Å². The van der Waals surface area contributed by atoms with Crippen LogP contribution in [-0.2, 0) is 4.79 Å². The van der Waals surface area contributed by atoms with E-state index in [9.17, 15) is 4.79 Å². The number of hydrogen-bond acceptors (Lipinski definition) is 4. The van der Waals surface area contributed by atoms with Gasteiger partial charge in [-0.25, -0.2) is 0 Å². The zero-order valence-corrected chi connectivity index (χ0v) is 12.3. The van der Waals surface area contributed by atoms with Crippen LogP contribution in [0, 0.1) is 0 Å². The van der Waals surface area contributed by atoms with Crippen molar-refractivity contribution in [2.45, 2.75) is 17.9 Å². The standard InChI is InChI=1S/C14H21N3OS/c1-11(17-9-7-15-8-10-17)14(18)16-12-5-3-4-6-13(12)19-2/h3-6,11,15H,7-10H2,1-2H3,(H,16,18). The van der Waals surface area contributed by atoms with E-state index in [1.54, 1.807) is 11.8 Å². The van der Waals surface area contributed by atoms with Crippen LogP contribution in [0.25, 0.3) is 0 Å². The average molecular weight is 279 g/mol. The molecular weight excluding hydrogens is 258 g/mol. The fourth-order valence-electron chi connectivity index (χ4n) is 2.22. The third-order valence-electron chi connectivity index (χ3n) is 3.44. The first-order valence-electron chi connectivity index (χ1n) is 6.61. The number of thioether (sulfide) groups is 1. The van der Waals surface area contributed by atoms with Crippen molar-refractivity contribution in [3.8, 4) is 0 Å². The number of benzene rings is 1. The average Bonchev–Trinajstić information content (AvgIpc) is 2.48. The zero-order valence-electron chi connectivity index (χ0n) is 11.5. The Kier molecular flexibility index (Phi) is 5.24. The fourth-order valence-corrected chi connectivity index (χ4v) is 2.77. The van der Waals surface area contributed by atoms with Gasteiger partial charge in [-0.3, -0.25) is 9.69 Å². The Bertz CT molecular complexity index is 432. The number of hydrogen-bond donors (Lipinski definition) is 2. The molecule has 2 rings (SSSR count). The summed E-state index contributed by atoms with van der Waals surface area (Å²) in [5.41, 5.74) is 0.905. The number of para-hydroxylation sites is 1. The third kappa shape index (κ3) is 3.72. The molecule has 0 bridgehead atoms. The normalized spacial score (nSPS) is 18.0. The summed E-state index contributed by atoms with van der Waals surface area (Å²) in [6.45, 7) is 5.75. The molecule has 1 aromatic rings. The van der Waals surface area contributed by atoms with Crippen molar-refractivity contribution in [3.05, 3.63) is 24.3 Å². The molecule has 1 aromatic carbocycles. The first-order chi connectivity index (χ1) is 9.22. The molecule has 5 heteroatoms. The Hall–Kier alpha value is -1.04. The SMILES string of the molecule is CSc1ccccc1NC(=O)C(C)N1CCNCC1. The van der Waals surface area contributed by atoms with E-state index in [0.29, 0.717) is 0 Å². The van der Waals surface area contributed by atoms with Crippen LogP contribution in [0.4, 0.5) is 5.69 Å². The van der Waals surface area contributed by atoms with Crippen LogP contribution in [-0.4, -0.2) is 49.3 Å². The summed E-state index contributed by atoms with van der Waals surface area (Å²) in [5.74, 6) is 0.0726. The number of nitrogens with zero attached hydrogens (tertiary/aromatic N) is 1. The number of amides is 1. The second-order valence-electron chi connectivity index (χ2n) is 4.65. The summed E-state index contributed by atoms with van der Waals surface area (Å²) < 4.78 is 0. The molecule has 1 amide bonds. The molecule has 2 N–H and O–H groups in total. The van der Waals surface area contributed by atoms with Crippen molar-refractivity contribution in [1.29, 1.82) is 0 Å². The molecule has 1 aliphatic rings. The monoisotopic (exact) mass is 279 g/mol. The number of carbonyl (C=O) groups is 1. The lowest BCUT2D eigenvalue weighted by molar-refractivity contribution is -0.121. The van der Waals surface area contributed by atoms with Gasteiger partial charge >= 0.3 is 0 Å². The Balaban J connectivity index is 1.99. The lowest BCUT2D eigenvalue weighted by atomic mass is 10.2. The highest BCUT2D eigenvalue weighted by atomic mass is 32.2. The van der Waals surface area contributed by atoms with E-state index in [0.717, 1.165) is 36.8 Å². The van der Waals surface area contributed by atoms with E-state index in [-0.39, 0.29) is 11.9 Å². The van der Waals surface area contributed by atoms with Gasteiger partial charge in [-0.05, 0) is 25.3 Å². The highest BCUT2D eigenvalue weighted by Crippen LogP contribution is 2.24. The number of anilines is 1. The maximum absolute atomic E-state index is 12.3. The van der Waals surface area contributed by atoms with Crippen LogP contribution in [0.3, 0.4) is 0 Å². The van der Waals surface area contributed by atoms with E-state index in [2.05, 4.69) is 15.5 Å². The quantitative estimate of drug-likeness (QED) is 0.823. The first kappa shape index (κ1) is 14.4. The predicted octanol–water partition coefficient (Wildman–Crippen LogP) is 1.64. The summed E-state index contributed by atoms with van der Waals surface area (Å²) in [4.78, 5) is 15.6. The summed E-state index contributed by atoms with van der Waals surface area (Å²) >= 11 is 1.65. The molecule has 1 heterocycles. The van der Waals surface area contributed by atoms with Gasteiger partial charge in [-0.2, -0.15) is 0 Å².